The van der Waals surface area contributed by atoms with Crippen molar-refractivity contribution in [3.05, 3.63) is 23.4 Å². The summed E-state index contributed by atoms with van der Waals surface area (Å²) in [6.07, 6.45) is -0.657. The Balaban J connectivity index is 2.68. The highest BCUT2D eigenvalue weighted by Gasteiger charge is 2.08. The summed E-state index contributed by atoms with van der Waals surface area (Å²) in [6, 6.07) is 2.91. The summed E-state index contributed by atoms with van der Waals surface area (Å²) < 4.78 is 4.77. The molecule has 0 saturated heterocycles. The largest absolute Gasteiger partial charge is 0.478 e. The van der Waals surface area contributed by atoms with Crippen LogP contribution in [-0.4, -0.2) is 47.5 Å². The highest BCUT2D eigenvalue weighted by Crippen LogP contribution is 2.10. The number of pyridine rings is 1. The van der Waals surface area contributed by atoms with Crippen LogP contribution in [0.4, 0.5) is 5.82 Å². The van der Waals surface area contributed by atoms with Crippen LogP contribution in [0.5, 0.6) is 0 Å². The van der Waals surface area contributed by atoms with Gasteiger partial charge in [0.25, 0.3) is 0 Å². The molecule has 0 radical (unpaired) electrons. The predicted octanol–water partition coefficient (Wildman–Crippen LogP) is 0.507. The molecule has 3 N–H and O–H groups in total. The van der Waals surface area contributed by atoms with Gasteiger partial charge < -0.3 is 20.3 Å². The van der Waals surface area contributed by atoms with Gasteiger partial charge in [-0.1, -0.05) is 0 Å². The Morgan fingerprint density at radius 2 is 2.29 bits per heavy atom. The average molecular weight is 240 g/mol. The summed E-state index contributed by atoms with van der Waals surface area (Å²) in [7, 11) is 1.50. The maximum Gasteiger partial charge on any atom is 0.335 e. The van der Waals surface area contributed by atoms with Crippen molar-refractivity contribution >= 4 is 11.8 Å². The summed E-state index contributed by atoms with van der Waals surface area (Å²) in [5.41, 5.74) is 0.773. The van der Waals surface area contributed by atoms with E-state index in [-0.39, 0.29) is 18.7 Å². The number of aromatic nitrogens is 1. The number of aliphatic hydroxyl groups is 1. The lowest BCUT2D eigenvalue weighted by Crippen LogP contribution is -2.24. The van der Waals surface area contributed by atoms with E-state index in [9.17, 15) is 9.90 Å². The number of aryl methyl sites for hydroxylation is 1. The first-order valence-corrected chi connectivity index (χ1v) is 5.15. The van der Waals surface area contributed by atoms with E-state index < -0.39 is 12.1 Å². The Kier molecular flexibility index (Phi) is 4.86. The van der Waals surface area contributed by atoms with Gasteiger partial charge in [0.15, 0.2) is 0 Å². The molecule has 1 aromatic rings. The number of carboxylic acid groups (broad SMARTS) is 1. The molecule has 0 aliphatic heterocycles. The number of aromatic carboxylic acids is 1. The smallest absolute Gasteiger partial charge is 0.335 e. The van der Waals surface area contributed by atoms with Gasteiger partial charge in [0.05, 0.1) is 18.3 Å². The third-order valence-corrected chi connectivity index (χ3v) is 2.08. The summed E-state index contributed by atoms with van der Waals surface area (Å²) >= 11 is 0. The van der Waals surface area contributed by atoms with Gasteiger partial charge in [-0.05, 0) is 19.1 Å². The SMILES string of the molecule is COCC(O)CNc1cc(C(=O)O)cc(C)n1. The minimum atomic E-state index is -1.00. The van der Waals surface area contributed by atoms with Gasteiger partial charge in [0.2, 0.25) is 0 Å². The summed E-state index contributed by atoms with van der Waals surface area (Å²) in [5, 5.41) is 21.2. The van der Waals surface area contributed by atoms with Crippen LogP contribution in [-0.2, 0) is 4.74 Å². The molecule has 1 unspecified atom stereocenters. The first-order chi connectivity index (χ1) is 8.02. The number of carbonyl (C=O) groups is 1. The van der Waals surface area contributed by atoms with Crippen LogP contribution >= 0.6 is 0 Å². The van der Waals surface area contributed by atoms with Crippen LogP contribution in [0.3, 0.4) is 0 Å². The Bertz CT molecular complexity index is 395. The molecular weight excluding hydrogens is 224 g/mol. The Labute approximate surface area is 99.3 Å². The number of anilines is 1. The van der Waals surface area contributed by atoms with Crippen LogP contribution in [0.2, 0.25) is 0 Å². The zero-order valence-electron chi connectivity index (χ0n) is 9.80. The predicted molar refractivity (Wildman–Crippen MR) is 62.3 cm³/mol. The highest BCUT2D eigenvalue weighted by atomic mass is 16.5. The van der Waals surface area contributed by atoms with Gasteiger partial charge in [-0.15, -0.1) is 0 Å². The van der Waals surface area contributed by atoms with Gasteiger partial charge in [0.1, 0.15) is 5.82 Å². The van der Waals surface area contributed by atoms with E-state index in [1.54, 1.807) is 6.92 Å². The monoisotopic (exact) mass is 240 g/mol. The summed E-state index contributed by atoms with van der Waals surface area (Å²) in [6.45, 7) is 2.18. The molecule has 1 atom stereocenters. The molecule has 1 heterocycles. The first kappa shape index (κ1) is 13.4. The van der Waals surface area contributed by atoms with Gasteiger partial charge in [0, 0.05) is 19.3 Å². The average Bonchev–Trinajstić information content (AvgIpc) is 2.26. The lowest BCUT2D eigenvalue weighted by molar-refractivity contribution is 0.0696. The lowest BCUT2D eigenvalue weighted by atomic mass is 10.2. The number of rotatable bonds is 6. The molecular formula is C11H16N2O4. The fourth-order valence-corrected chi connectivity index (χ4v) is 1.36. The van der Waals surface area contributed by atoms with Crippen molar-refractivity contribution in [3.63, 3.8) is 0 Å². The van der Waals surface area contributed by atoms with E-state index in [0.29, 0.717) is 11.5 Å². The van der Waals surface area contributed by atoms with E-state index in [1.165, 1.54) is 19.2 Å². The van der Waals surface area contributed by atoms with Crippen LogP contribution in [0.15, 0.2) is 12.1 Å². The number of nitrogens with one attached hydrogen (secondary N) is 1. The van der Waals surface area contributed by atoms with Crippen molar-refractivity contribution in [1.29, 1.82) is 0 Å². The Morgan fingerprint density at radius 3 is 2.88 bits per heavy atom. The fraction of sp³-hybridized carbons (Fsp3) is 0.455. The summed E-state index contributed by atoms with van der Waals surface area (Å²) in [5.74, 6) is -0.575. The van der Waals surface area contributed by atoms with Crippen molar-refractivity contribution in [2.45, 2.75) is 13.0 Å². The zero-order valence-corrected chi connectivity index (χ0v) is 9.80. The van der Waals surface area contributed by atoms with Crippen LogP contribution in [0.1, 0.15) is 16.1 Å². The van der Waals surface area contributed by atoms with E-state index in [0.717, 1.165) is 0 Å². The van der Waals surface area contributed by atoms with Gasteiger partial charge in [-0.25, -0.2) is 9.78 Å². The second-order valence-electron chi connectivity index (χ2n) is 3.68. The van der Waals surface area contributed by atoms with Crippen molar-refractivity contribution in [2.75, 3.05) is 25.6 Å². The molecule has 6 nitrogen and oxygen atoms in total. The topological polar surface area (TPSA) is 91.7 Å². The van der Waals surface area contributed by atoms with E-state index in [4.69, 9.17) is 9.84 Å². The number of hydrogen-bond donors (Lipinski definition) is 3. The molecule has 0 fully saturated rings. The van der Waals surface area contributed by atoms with Crippen molar-refractivity contribution < 1.29 is 19.7 Å². The number of carboxylic acids is 1. The van der Waals surface area contributed by atoms with E-state index >= 15 is 0 Å². The molecule has 0 bridgehead atoms. The third-order valence-electron chi connectivity index (χ3n) is 2.08. The standard InChI is InChI=1S/C11H16N2O4/c1-7-3-8(11(15)16)4-10(13-7)12-5-9(14)6-17-2/h3-4,9,14H,5-6H2,1-2H3,(H,12,13)(H,15,16). The quantitative estimate of drug-likeness (QED) is 0.671. The second kappa shape index (κ2) is 6.17. The number of methoxy groups -OCH3 is 1. The summed E-state index contributed by atoms with van der Waals surface area (Å²) in [4.78, 5) is 14.9. The molecule has 94 valence electrons. The normalized spacial score (nSPS) is 12.2. The van der Waals surface area contributed by atoms with E-state index in [2.05, 4.69) is 10.3 Å². The maximum absolute atomic E-state index is 10.8. The molecule has 0 spiro atoms. The zero-order chi connectivity index (χ0) is 12.8. The van der Waals surface area contributed by atoms with Crippen molar-refractivity contribution in [3.8, 4) is 0 Å². The molecule has 1 rings (SSSR count). The number of aliphatic hydroxyl groups excluding tert-OH is 1. The molecule has 1 aromatic heterocycles. The van der Waals surface area contributed by atoms with Crippen LogP contribution < -0.4 is 5.32 Å². The van der Waals surface area contributed by atoms with Crippen molar-refractivity contribution in [2.24, 2.45) is 0 Å². The molecule has 0 aliphatic carbocycles. The van der Waals surface area contributed by atoms with Gasteiger partial charge in [-0.3, -0.25) is 0 Å². The fourth-order valence-electron chi connectivity index (χ4n) is 1.36. The molecule has 0 amide bonds. The second-order valence-corrected chi connectivity index (χ2v) is 3.68. The van der Waals surface area contributed by atoms with Crippen molar-refractivity contribution in [1.82, 2.24) is 4.98 Å². The molecule has 6 heteroatoms. The van der Waals surface area contributed by atoms with E-state index in [1.807, 2.05) is 0 Å². The minimum absolute atomic E-state index is 0.168. The van der Waals surface area contributed by atoms with Crippen LogP contribution in [0.25, 0.3) is 0 Å². The number of ether oxygens (including phenoxy) is 1. The maximum atomic E-state index is 10.8. The first-order valence-electron chi connectivity index (χ1n) is 5.15. The Hall–Kier alpha value is -1.66. The molecule has 17 heavy (non-hydrogen) atoms. The number of nitrogens with zero attached hydrogens (tertiary/aromatic N) is 1. The highest BCUT2D eigenvalue weighted by molar-refractivity contribution is 5.88. The molecule has 0 aromatic carbocycles. The van der Waals surface area contributed by atoms with Gasteiger partial charge in [-0.2, -0.15) is 0 Å². The third kappa shape index (κ3) is 4.38. The van der Waals surface area contributed by atoms with Crippen LogP contribution in [0, 0.1) is 6.92 Å². The molecule has 0 aliphatic rings. The lowest BCUT2D eigenvalue weighted by Gasteiger charge is -2.12. The molecule has 0 saturated carbocycles. The minimum Gasteiger partial charge on any atom is -0.478 e. The Morgan fingerprint density at radius 1 is 1.59 bits per heavy atom. The number of hydrogen-bond acceptors (Lipinski definition) is 5. The van der Waals surface area contributed by atoms with Gasteiger partial charge >= 0.3 is 5.97 Å².